The molecule has 1 heterocycles. The Labute approximate surface area is 116 Å². The normalized spacial score (nSPS) is 13.0. The van der Waals surface area contributed by atoms with E-state index in [1.807, 2.05) is 36.2 Å². The van der Waals surface area contributed by atoms with Crippen molar-refractivity contribution in [1.82, 2.24) is 0 Å². The zero-order valence-corrected chi connectivity index (χ0v) is 11.2. The van der Waals surface area contributed by atoms with E-state index in [1.54, 1.807) is 0 Å². The minimum absolute atomic E-state index is 0.0556. The van der Waals surface area contributed by atoms with Gasteiger partial charge in [0, 0.05) is 25.0 Å². The molecule has 1 amide bonds. The van der Waals surface area contributed by atoms with E-state index in [-0.39, 0.29) is 25.3 Å². The summed E-state index contributed by atoms with van der Waals surface area (Å²) in [5.41, 5.74) is 2.52. The van der Waals surface area contributed by atoms with Crippen molar-refractivity contribution in [2.24, 2.45) is 0 Å². The van der Waals surface area contributed by atoms with Gasteiger partial charge >= 0.3 is 5.97 Å². The van der Waals surface area contributed by atoms with Crippen LogP contribution in [0.3, 0.4) is 0 Å². The van der Waals surface area contributed by atoms with Crippen LogP contribution in [0.4, 0.5) is 11.4 Å². The Morgan fingerprint density at radius 3 is 2.95 bits per heavy atom. The number of aliphatic carboxylic acids is 1. The number of carboxylic acids is 1. The van der Waals surface area contributed by atoms with Gasteiger partial charge in [0.2, 0.25) is 5.91 Å². The zero-order valence-electron chi connectivity index (χ0n) is 11.2. The first-order chi connectivity index (χ1) is 9.52. The summed E-state index contributed by atoms with van der Waals surface area (Å²) in [6, 6.07) is 7.51. The van der Waals surface area contributed by atoms with E-state index in [1.165, 1.54) is 4.90 Å². The molecule has 1 N–H and O–H groups in total. The quantitative estimate of drug-likeness (QED) is 0.809. The van der Waals surface area contributed by atoms with Crippen LogP contribution in [0.15, 0.2) is 18.2 Å². The topological polar surface area (TPSA) is 84.6 Å². The van der Waals surface area contributed by atoms with E-state index in [0.29, 0.717) is 6.54 Å². The molecule has 0 bridgehead atoms. The summed E-state index contributed by atoms with van der Waals surface area (Å²) in [6.07, 6.45) is 0.352. The molecule has 0 aliphatic carbocycles. The lowest BCUT2D eigenvalue weighted by Crippen LogP contribution is -2.26. The molecule has 1 aliphatic heterocycles. The molecule has 20 heavy (non-hydrogen) atoms. The van der Waals surface area contributed by atoms with Gasteiger partial charge in [0.1, 0.15) is 6.54 Å². The van der Waals surface area contributed by atoms with E-state index in [9.17, 15) is 9.59 Å². The van der Waals surface area contributed by atoms with Gasteiger partial charge in [-0.1, -0.05) is 0 Å². The van der Waals surface area contributed by atoms with Gasteiger partial charge in [0.25, 0.3) is 0 Å². The number of nitrogens with zero attached hydrogens (tertiary/aromatic N) is 3. The number of amides is 1. The number of benzene rings is 1. The van der Waals surface area contributed by atoms with Crippen LogP contribution in [-0.4, -0.2) is 37.1 Å². The smallest absolute Gasteiger partial charge is 0.305 e. The number of anilines is 2. The second kappa shape index (κ2) is 5.61. The van der Waals surface area contributed by atoms with Crippen LogP contribution in [0, 0.1) is 11.3 Å². The highest BCUT2D eigenvalue weighted by molar-refractivity contribution is 6.02. The predicted molar refractivity (Wildman–Crippen MR) is 73.6 cm³/mol. The third kappa shape index (κ3) is 2.72. The summed E-state index contributed by atoms with van der Waals surface area (Å²) >= 11 is 0. The molecule has 6 nitrogen and oxygen atoms in total. The summed E-state index contributed by atoms with van der Waals surface area (Å²) in [5.74, 6) is -0.916. The Balaban J connectivity index is 2.18. The predicted octanol–water partition coefficient (Wildman–Crippen LogP) is 1.01. The molecule has 0 radical (unpaired) electrons. The lowest BCUT2D eigenvalue weighted by Gasteiger charge is -2.20. The third-order valence-electron chi connectivity index (χ3n) is 3.33. The van der Waals surface area contributed by atoms with Gasteiger partial charge in [-0.15, -0.1) is 0 Å². The fourth-order valence-electron chi connectivity index (χ4n) is 2.24. The van der Waals surface area contributed by atoms with E-state index in [2.05, 4.69) is 0 Å². The van der Waals surface area contributed by atoms with Crippen molar-refractivity contribution >= 4 is 23.3 Å². The molecular formula is C14H15N3O3. The maximum Gasteiger partial charge on any atom is 0.305 e. The van der Waals surface area contributed by atoms with Gasteiger partial charge in [-0.2, -0.15) is 5.26 Å². The molecule has 1 aliphatic rings. The summed E-state index contributed by atoms with van der Waals surface area (Å²) < 4.78 is 0. The van der Waals surface area contributed by atoms with Crippen LogP contribution in [-0.2, 0) is 16.0 Å². The molecule has 0 saturated heterocycles. The average Bonchev–Trinajstić information content (AvgIpc) is 2.72. The number of fused-ring (bicyclic) bond motifs is 1. The number of hydrogen-bond acceptors (Lipinski definition) is 4. The summed E-state index contributed by atoms with van der Waals surface area (Å²) in [4.78, 5) is 25.7. The summed E-state index contributed by atoms with van der Waals surface area (Å²) in [5, 5.41) is 17.4. The highest BCUT2D eigenvalue weighted by Gasteiger charge is 2.27. The van der Waals surface area contributed by atoms with Crippen molar-refractivity contribution in [2.45, 2.75) is 12.8 Å². The first-order valence-corrected chi connectivity index (χ1v) is 6.26. The Morgan fingerprint density at radius 1 is 1.55 bits per heavy atom. The molecule has 1 aromatic rings. The number of nitriles is 1. The minimum Gasteiger partial charge on any atom is -0.481 e. The molecule has 0 spiro atoms. The monoisotopic (exact) mass is 273 g/mol. The Bertz CT molecular complexity index is 592. The van der Waals surface area contributed by atoms with Crippen LogP contribution in [0.5, 0.6) is 0 Å². The molecular weight excluding hydrogens is 258 g/mol. The number of hydrogen-bond donors (Lipinski definition) is 1. The highest BCUT2D eigenvalue weighted by Crippen LogP contribution is 2.31. The van der Waals surface area contributed by atoms with Crippen molar-refractivity contribution < 1.29 is 14.7 Å². The molecule has 0 unspecified atom stereocenters. The van der Waals surface area contributed by atoms with Crippen molar-refractivity contribution in [2.75, 3.05) is 29.9 Å². The third-order valence-corrected chi connectivity index (χ3v) is 3.33. The summed E-state index contributed by atoms with van der Waals surface area (Å²) in [6.45, 7) is 0.462. The van der Waals surface area contributed by atoms with Crippen molar-refractivity contribution in [3.63, 3.8) is 0 Å². The summed E-state index contributed by atoms with van der Waals surface area (Å²) in [7, 11) is 1.81. The van der Waals surface area contributed by atoms with E-state index in [4.69, 9.17) is 10.4 Å². The van der Waals surface area contributed by atoms with E-state index < -0.39 is 5.97 Å². The molecule has 2 rings (SSSR count). The standard InChI is InChI=1S/C14H15N3O3/c1-16(6-4-14(19)20)11-2-3-12-10(8-11)9-13(18)17(12)7-5-15/h2-3,8H,4,6-7,9H2,1H3,(H,19,20). The Kier molecular flexibility index (Phi) is 3.89. The van der Waals surface area contributed by atoms with Crippen LogP contribution in [0.2, 0.25) is 0 Å². The number of carbonyl (C=O) groups is 2. The average molecular weight is 273 g/mol. The number of carbonyl (C=O) groups excluding carboxylic acids is 1. The first-order valence-electron chi connectivity index (χ1n) is 6.26. The molecule has 0 fully saturated rings. The molecule has 0 atom stereocenters. The van der Waals surface area contributed by atoms with Crippen molar-refractivity contribution in [3.05, 3.63) is 23.8 Å². The molecule has 6 heteroatoms. The first kappa shape index (κ1) is 13.9. The second-order valence-electron chi connectivity index (χ2n) is 4.69. The minimum atomic E-state index is -0.839. The van der Waals surface area contributed by atoms with Gasteiger partial charge in [0.05, 0.1) is 18.9 Å². The Hall–Kier alpha value is -2.55. The fourth-order valence-corrected chi connectivity index (χ4v) is 2.24. The Morgan fingerprint density at radius 2 is 2.30 bits per heavy atom. The molecule has 1 aromatic carbocycles. The van der Waals surface area contributed by atoms with Crippen LogP contribution < -0.4 is 9.80 Å². The van der Waals surface area contributed by atoms with Gasteiger partial charge in [-0.25, -0.2) is 0 Å². The lowest BCUT2D eigenvalue weighted by atomic mass is 10.1. The maximum absolute atomic E-state index is 11.8. The molecule has 0 saturated carbocycles. The van der Waals surface area contributed by atoms with Crippen molar-refractivity contribution in [1.29, 1.82) is 5.26 Å². The van der Waals surface area contributed by atoms with Crippen molar-refractivity contribution in [3.8, 4) is 6.07 Å². The molecule has 0 aromatic heterocycles. The SMILES string of the molecule is CN(CCC(=O)O)c1ccc2c(c1)CC(=O)N2CC#N. The largest absolute Gasteiger partial charge is 0.481 e. The van der Waals surface area contributed by atoms with Crippen LogP contribution >= 0.6 is 0 Å². The molecule has 104 valence electrons. The van der Waals surface area contributed by atoms with Gasteiger partial charge in [-0.05, 0) is 23.8 Å². The van der Waals surface area contributed by atoms with E-state index >= 15 is 0 Å². The lowest BCUT2D eigenvalue weighted by molar-refractivity contribution is -0.136. The number of rotatable bonds is 5. The fraction of sp³-hybridized carbons (Fsp3) is 0.357. The maximum atomic E-state index is 11.8. The number of carboxylic acid groups (broad SMARTS) is 1. The zero-order chi connectivity index (χ0) is 14.7. The van der Waals surface area contributed by atoms with Crippen LogP contribution in [0.1, 0.15) is 12.0 Å². The highest BCUT2D eigenvalue weighted by atomic mass is 16.4. The second-order valence-corrected chi connectivity index (χ2v) is 4.69. The van der Waals surface area contributed by atoms with Gasteiger partial charge in [0.15, 0.2) is 0 Å². The van der Waals surface area contributed by atoms with Gasteiger partial charge in [-0.3, -0.25) is 14.5 Å². The van der Waals surface area contributed by atoms with E-state index in [0.717, 1.165) is 16.9 Å². The van der Waals surface area contributed by atoms with Gasteiger partial charge < -0.3 is 10.0 Å². The van der Waals surface area contributed by atoms with Crippen LogP contribution in [0.25, 0.3) is 0 Å².